The minimum absolute atomic E-state index is 0.0295. The van der Waals surface area contributed by atoms with Gasteiger partial charge in [0.25, 0.3) is 0 Å². The fourth-order valence-corrected chi connectivity index (χ4v) is 1.12. The Morgan fingerprint density at radius 3 is 2.45 bits per heavy atom. The molecule has 0 bridgehead atoms. The first kappa shape index (κ1) is 10.6. The van der Waals surface area contributed by atoms with E-state index in [1.54, 1.807) is 6.92 Å². The van der Waals surface area contributed by atoms with E-state index >= 15 is 0 Å². The van der Waals surface area contributed by atoms with Crippen LogP contribution in [0.4, 0.5) is 13.2 Å². The topological polar surface area (TPSA) is 23.8 Å². The molecule has 64 valence electrons. The summed E-state index contributed by atoms with van der Waals surface area (Å²) in [6.45, 7) is 1.61. The van der Waals surface area contributed by atoms with Crippen molar-refractivity contribution in [2.45, 2.75) is 18.9 Å². The standard InChI is InChI=1S/C6H8F3NS/c1-5(4-10)2-3-11-6(7,8)9/h5H,2-3H2,1H3. The average molecular weight is 183 g/mol. The van der Waals surface area contributed by atoms with E-state index in [2.05, 4.69) is 0 Å². The second-order valence-corrected chi connectivity index (χ2v) is 3.27. The smallest absolute Gasteiger partial charge is 0.198 e. The van der Waals surface area contributed by atoms with Gasteiger partial charge in [-0.15, -0.1) is 0 Å². The minimum atomic E-state index is -4.16. The fourth-order valence-electron chi connectivity index (χ4n) is 0.416. The molecule has 1 atom stereocenters. The van der Waals surface area contributed by atoms with E-state index in [9.17, 15) is 13.2 Å². The highest BCUT2D eigenvalue weighted by molar-refractivity contribution is 8.00. The van der Waals surface area contributed by atoms with E-state index in [0.29, 0.717) is 6.42 Å². The zero-order valence-electron chi connectivity index (χ0n) is 5.98. The first-order chi connectivity index (χ1) is 4.95. The van der Waals surface area contributed by atoms with Crippen molar-refractivity contribution in [3.63, 3.8) is 0 Å². The molecule has 0 heterocycles. The summed E-state index contributed by atoms with van der Waals surface area (Å²) in [5.41, 5.74) is -4.16. The largest absolute Gasteiger partial charge is 0.441 e. The van der Waals surface area contributed by atoms with Crippen LogP contribution in [0.25, 0.3) is 0 Å². The van der Waals surface area contributed by atoms with Crippen molar-refractivity contribution in [2.75, 3.05) is 5.75 Å². The molecule has 1 unspecified atom stereocenters. The van der Waals surface area contributed by atoms with Gasteiger partial charge in [0.2, 0.25) is 0 Å². The van der Waals surface area contributed by atoms with Gasteiger partial charge in [-0.25, -0.2) is 0 Å². The predicted molar refractivity (Wildman–Crippen MR) is 37.9 cm³/mol. The van der Waals surface area contributed by atoms with E-state index in [1.165, 1.54) is 0 Å². The van der Waals surface area contributed by atoms with Gasteiger partial charge in [-0.05, 0) is 13.3 Å². The predicted octanol–water partition coefficient (Wildman–Crippen LogP) is 2.79. The molecule has 0 saturated heterocycles. The molecule has 0 spiro atoms. The number of alkyl halides is 3. The van der Waals surface area contributed by atoms with Gasteiger partial charge >= 0.3 is 5.51 Å². The van der Waals surface area contributed by atoms with Crippen molar-refractivity contribution in [3.8, 4) is 6.07 Å². The number of nitriles is 1. The van der Waals surface area contributed by atoms with Crippen LogP contribution < -0.4 is 0 Å². The summed E-state index contributed by atoms with van der Waals surface area (Å²) in [5, 5.41) is 8.22. The molecule has 0 rings (SSSR count). The molecular formula is C6H8F3NS. The van der Waals surface area contributed by atoms with Crippen LogP contribution in [-0.4, -0.2) is 11.3 Å². The van der Waals surface area contributed by atoms with Gasteiger partial charge in [0.1, 0.15) is 0 Å². The fraction of sp³-hybridized carbons (Fsp3) is 0.833. The number of rotatable bonds is 3. The van der Waals surface area contributed by atoms with Crippen LogP contribution in [-0.2, 0) is 0 Å². The molecule has 0 aromatic rings. The van der Waals surface area contributed by atoms with E-state index in [0.717, 1.165) is 0 Å². The van der Waals surface area contributed by atoms with Crippen molar-refractivity contribution in [2.24, 2.45) is 5.92 Å². The Balaban J connectivity index is 3.37. The molecule has 0 aromatic heterocycles. The van der Waals surface area contributed by atoms with Crippen molar-refractivity contribution in [1.82, 2.24) is 0 Å². The van der Waals surface area contributed by atoms with Crippen molar-refractivity contribution in [3.05, 3.63) is 0 Å². The zero-order chi connectivity index (χ0) is 8.91. The molecule has 1 nitrogen and oxygen atoms in total. The van der Waals surface area contributed by atoms with Gasteiger partial charge in [0, 0.05) is 11.7 Å². The molecule has 5 heteroatoms. The lowest BCUT2D eigenvalue weighted by Gasteiger charge is -2.05. The van der Waals surface area contributed by atoms with Crippen molar-refractivity contribution in [1.29, 1.82) is 5.26 Å². The highest BCUT2D eigenvalue weighted by Gasteiger charge is 2.27. The molecule has 0 radical (unpaired) electrons. The highest BCUT2D eigenvalue weighted by atomic mass is 32.2. The number of hydrogen-bond acceptors (Lipinski definition) is 2. The van der Waals surface area contributed by atoms with Gasteiger partial charge in [0.15, 0.2) is 0 Å². The lowest BCUT2D eigenvalue weighted by atomic mass is 10.1. The molecule has 0 aromatic carbocycles. The number of thioether (sulfide) groups is 1. The van der Waals surface area contributed by atoms with Gasteiger partial charge < -0.3 is 0 Å². The minimum Gasteiger partial charge on any atom is -0.198 e. The summed E-state index contributed by atoms with van der Waals surface area (Å²) in [6.07, 6.45) is 0.292. The molecule has 0 saturated carbocycles. The van der Waals surface area contributed by atoms with E-state index in [1.807, 2.05) is 6.07 Å². The molecule has 0 aliphatic carbocycles. The molecule has 11 heavy (non-hydrogen) atoms. The van der Waals surface area contributed by atoms with Gasteiger partial charge in [-0.2, -0.15) is 18.4 Å². The second-order valence-electron chi connectivity index (χ2n) is 2.11. The third-order valence-corrected chi connectivity index (χ3v) is 1.80. The Labute approximate surface area is 67.6 Å². The van der Waals surface area contributed by atoms with Crippen LogP contribution in [0.3, 0.4) is 0 Å². The van der Waals surface area contributed by atoms with Crippen molar-refractivity contribution >= 4 is 11.8 Å². The van der Waals surface area contributed by atoms with Crippen LogP contribution in [0.1, 0.15) is 13.3 Å². The zero-order valence-corrected chi connectivity index (χ0v) is 6.80. The Kier molecular flexibility index (Phi) is 4.34. The normalized spacial score (nSPS) is 14.1. The van der Waals surface area contributed by atoms with E-state index < -0.39 is 5.51 Å². The van der Waals surface area contributed by atoms with E-state index in [-0.39, 0.29) is 23.4 Å². The van der Waals surface area contributed by atoms with E-state index in [4.69, 9.17) is 5.26 Å². The molecular weight excluding hydrogens is 175 g/mol. The van der Waals surface area contributed by atoms with Crippen LogP contribution in [0.15, 0.2) is 0 Å². The summed E-state index contributed by atoms with van der Waals surface area (Å²) >= 11 is -0.0738. The van der Waals surface area contributed by atoms with Gasteiger partial charge in [-0.3, -0.25) is 0 Å². The SMILES string of the molecule is CC(C#N)CCSC(F)(F)F. The molecule has 0 aliphatic heterocycles. The third-order valence-electron chi connectivity index (χ3n) is 1.04. The maximum atomic E-state index is 11.5. The Hall–Kier alpha value is -0.370. The summed E-state index contributed by atoms with van der Waals surface area (Å²) in [7, 11) is 0. The van der Waals surface area contributed by atoms with Crippen LogP contribution in [0, 0.1) is 17.2 Å². The van der Waals surface area contributed by atoms with Gasteiger partial charge in [0.05, 0.1) is 6.07 Å². The van der Waals surface area contributed by atoms with Crippen LogP contribution in [0.5, 0.6) is 0 Å². The Morgan fingerprint density at radius 1 is 1.55 bits per heavy atom. The first-order valence-electron chi connectivity index (χ1n) is 3.06. The number of halogens is 3. The van der Waals surface area contributed by atoms with Crippen molar-refractivity contribution < 1.29 is 13.2 Å². The first-order valence-corrected chi connectivity index (χ1v) is 4.04. The quantitative estimate of drug-likeness (QED) is 0.671. The summed E-state index contributed by atoms with van der Waals surface area (Å²) < 4.78 is 34.5. The summed E-state index contributed by atoms with van der Waals surface area (Å²) in [4.78, 5) is 0. The number of hydrogen-bond donors (Lipinski definition) is 0. The molecule has 0 aliphatic rings. The van der Waals surface area contributed by atoms with Crippen LogP contribution >= 0.6 is 11.8 Å². The Morgan fingerprint density at radius 2 is 2.09 bits per heavy atom. The monoisotopic (exact) mass is 183 g/mol. The molecule has 0 N–H and O–H groups in total. The lowest BCUT2D eigenvalue weighted by molar-refractivity contribution is -0.0328. The lowest BCUT2D eigenvalue weighted by Crippen LogP contribution is -2.03. The highest BCUT2D eigenvalue weighted by Crippen LogP contribution is 2.31. The maximum absolute atomic E-state index is 11.5. The third kappa shape index (κ3) is 7.53. The van der Waals surface area contributed by atoms with Crippen LogP contribution in [0.2, 0.25) is 0 Å². The number of nitrogens with zero attached hydrogens (tertiary/aromatic N) is 1. The Bertz CT molecular complexity index is 149. The maximum Gasteiger partial charge on any atom is 0.441 e. The average Bonchev–Trinajstić information content (AvgIpc) is 1.85. The summed E-state index contributed by atoms with van der Waals surface area (Å²) in [6, 6.07) is 1.87. The van der Waals surface area contributed by atoms with Gasteiger partial charge in [-0.1, -0.05) is 11.8 Å². The molecule has 0 amide bonds. The second kappa shape index (κ2) is 4.50. The molecule has 0 fully saturated rings. The summed E-state index contributed by atoms with van der Waals surface area (Å²) in [5.74, 6) is -0.317.